The number of benzene rings is 2. The summed E-state index contributed by atoms with van der Waals surface area (Å²) in [6.07, 6.45) is -0.192. The fourth-order valence-corrected chi connectivity index (χ4v) is 2.34. The van der Waals surface area contributed by atoms with Gasteiger partial charge in [-0.3, -0.25) is 0 Å². The van der Waals surface area contributed by atoms with Gasteiger partial charge in [0.2, 0.25) is 0 Å². The molecular formula is C17H16ClNO. The topological polar surface area (TPSA) is 44.0 Å². The Morgan fingerprint density at radius 1 is 1.05 bits per heavy atom. The normalized spacial score (nSPS) is 13.5. The first-order valence-corrected chi connectivity index (χ1v) is 6.92. The first-order chi connectivity index (χ1) is 9.60. The monoisotopic (exact) mass is 285 g/mol. The van der Waals surface area contributed by atoms with E-state index in [0.29, 0.717) is 12.0 Å². The van der Waals surface area contributed by atoms with Crippen LogP contribution in [0, 0.1) is 18.3 Å². The molecule has 0 unspecified atom stereocenters. The number of alkyl halides is 1. The summed E-state index contributed by atoms with van der Waals surface area (Å²) in [4.78, 5) is 0. The zero-order valence-electron chi connectivity index (χ0n) is 11.3. The molecule has 102 valence electrons. The lowest BCUT2D eigenvalue weighted by atomic mass is 9.99. The number of nitrogens with zero attached hydrogens (tertiary/aromatic N) is 1. The zero-order chi connectivity index (χ0) is 14.5. The molecular weight excluding hydrogens is 270 g/mol. The fraction of sp³-hybridized carbons (Fsp3) is 0.235. The van der Waals surface area contributed by atoms with E-state index in [2.05, 4.69) is 6.07 Å². The first kappa shape index (κ1) is 14.6. The molecule has 0 aliphatic rings. The highest BCUT2D eigenvalue weighted by Gasteiger charge is 2.15. The Labute approximate surface area is 124 Å². The van der Waals surface area contributed by atoms with E-state index in [1.54, 1.807) is 24.3 Å². The van der Waals surface area contributed by atoms with Crippen molar-refractivity contribution in [2.75, 3.05) is 0 Å². The molecule has 0 fully saturated rings. The van der Waals surface area contributed by atoms with E-state index < -0.39 is 6.10 Å². The Hall–Kier alpha value is -1.82. The number of halogens is 1. The lowest BCUT2D eigenvalue weighted by molar-refractivity contribution is 0.166. The molecule has 0 saturated carbocycles. The Morgan fingerprint density at radius 3 is 2.15 bits per heavy atom. The van der Waals surface area contributed by atoms with E-state index in [9.17, 15) is 5.11 Å². The maximum atomic E-state index is 10.2. The molecule has 2 aromatic carbocycles. The van der Waals surface area contributed by atoms with E-state index in [-0.39, 0.29) is 5.38 Å². The van der Waals surface area contributed by atoms with Crippen LogP contribution < -0.4 is 0 Å². The van der Waals surface area contributed by atoms with Gasteiger partial charge in [-0.1, -0.05) is 42.0 Å². The molecule has 0 aliphatic heterocycles. The average Bonchev–Trinajstić information content (AvgIpc) is 2.48. The lowest BCUT2D eigenvalue weighted by Crippen LogP contribution is -2.02. The molecule has 0 amide bonds. The second-order valence-corrected chi connectivity index (χ2v) is 5.39. The van der Waals surface area contributed by atoms with Crippen LogP contribution in [-0.4, -0.2) is 5.11 Å². The van der Waals surface area contributed by atoms with Crippen LogP contribution in [0.4, 0.5) is 0 Å². The second-order valence-electron chi connectivity index (χ2n) is 4.86. The van der Waals surface area contributed by atoms with Crippen molar-refractivity contribution in [1.29, 1.82) is 5.26 Å². The first-order valence-electron chi connectivity index (χ1n) is 6.49. The Morgan fingerprint density at radius 2 is 1.60 bits per heavy atom. The quantitative estimate of drug-likeness (QED) is 0.853. The fourth-order valence-electron chi connectivity index (χ4n) is 2.02. The summed E-state index contributed by atoms with van der Waals surface area (Å²) < 4.78 is 0. The number of aryl methyl sites for hydroxylation is 1. The highest BCUT2D eigenvalue weighted by Crippen LogP contribution is 2.31. The molecule has 2 atom stereocenters. The molecule has 0 bridgehead atoms. The number of hydrogen-bond acceptors (Lipinski definition) is 2. The van der Waals surface area contributed by atoms with E-state index >= 15 is 0 Å². The molecule has 1 N–H and O–H groups in total. The molecule has 3 heteroatoms. The summed E-state index contributed by atoms with van der Waals surface area (Å²) in [5, 5.41) is 18.7. The van der Waals surface area contributed by atoms with Gasteiger partial charge in [-0.2, -0.15) is 5.26 Å². The van der Waals surface area contributed by atoms with Crippen LogP contribution >= 0.6 is 11.6 Å². The van der Waals surface area contributed by atoms with E-state index in [1.807, 2.05) is 31.2 Å². The predicted octanol–water partition coefficient (Wildman–Crippen LogP) is 4.27. The van der Waals surface area contributed by atoms with Crippen molar-refractivity contribution < 1.29 is 5.11 Å². The van der Waals surface area contributed by atoms with Crippen LogP contribution in [0.5, 0.6) is 0 Å². The second kappa shape index (κ2) is 6.56. The number of rotatable bonds is 4. The van der Waals surface area contributed by atoms with Crippen LogP contribution in [-0.2, 0) is 0 Å². The maximum Gasteiger partial charge on any atom is 0.0991 e. The Balaban J connectivity index is 2.04. The molecule has 2 aromatic rings. The molecule has 0 spiro atoms. The molecule has 0 aromatic heterocycles. The average molecular weight is 286 g/mol. The van der Waals surface area contributed by atoms with E-state index in [4.69, 9.17) is 16.9 Å². The maximum absolute atomic E-state index is 10.2. The standard InChI is InChI=1S/C17H16ClNO/c1-12-2-6-14(7-3-12)16(18)10-17(20)15-8-4-13(11-19)5-9-15/h2-9,16-17,20H,10H2,1H3/t16-,17-/m1/s1. The van der Waals surface area contributed by atoms with Gasteiger partial charge in [-0.15, -0.1) is 11.6 Å². The third-order valence-corrected chi connectivity index (χ3v) is 3.72. The van der Waals surface area contributed by atoms with Gasteiger partial charge in [-0.05, 0) is 36.6 Å². The van der Waals surface area contributed by atoms with Crippen LogP contribution in [0.3, 0.4) is 0 Å². The van der Waals surface area contributed by atoms with Crippen molar-refractivity contribution in [3.63, 3.8) is 0 Å². The Kier molecular flexibility index (Phi) is 4.79. The van der Waals surface area contributed by atoms with Crippen molar-refractivity contribution in [2.24, 2.45) is 0 Å². The van der Waals surface area contributed by atoms with E-state index in [1.165, 1.54) is 5.56 Å². The molecule has 0 radical (unpaired) electrons. The number of aliphatic hydroxyl groups is 1. The third kappa shape index (κ3) is 3.60. The van der Waals surface area contributed by atoms with Crippen molar-refractivity contribution in [1.82, 2.24) is 0 Å². The van der Waals surface area contributed by atoms with Crippen LogP contribution in [0.15, 0.2) is 48.5 Å². The van der Waals surface area contributed by atoms with Gasteiger partial charge < -0.3 is 5.11 Å². The minimum Gasteiger partial charge on any atom is -0.388 e. The summed E-state index contributed by atoms with van der Waals surface area (Å²) in [5.74, 6) is 0. The summed E-state index contributed by atoms with van der Waals surface area (Å²) in [6, 6.07) is 17.0. The molecule has 0 heterocycles. The van der Waals surface area contributed by atoms with E-state index in [0.717, 1.165) is 11.1 Å². The van der Waals surface area contributed by atoms with Gasteiger partial charge in [0.15, 0.2) is 0 Å². The lowest BCUT2D eigenvalue weighted by Gasteiger charge is -2.16. The number of hydrogen-bond donors (Lipinski definition) is 1. The minimum atomic E-state index is -0.633. The number of nitriles is 1. The predicted molar refractivity (Wildman–Crippen MR) is 80.5 cm³/mol. The summed E-state index contributed by atoms with van der Waals surface area (Å²) in [5.41, 5.74) is 3.55. The van der Waals surface area contributed by atoms with Gasteiger partial charge in [0, 0.05) is 0 Å². The molecule has 0 aliphatic carbocycles. The summed E-state index contributed by atoms with van der Waals surface area (Å²) in [7, 11) is 0. The molecule has 2 nitrogen and oxygen atoms in total. The molecule has 0 saturated heterocycles. The SMILES string of the molecule is Cc1ccc([C@H](Cl)C[C@@H](O)c2ccc(C#N)cc2)cc1. The highest BCUT2D eigenvalue weighted by molar-refractivity contribution is 6.20. The van der Waals surface area contributed by atoms with Crippen molar-refractivity contribution >= 4 is 11.6 Å². The molecule has 20 heavy (non-hydrogen) atoms. The molecule has 2 rings (SSSR count). The highest BCUT2D eigenvalue weighted by atomic mass is 35.5. The third-order valence-electron chi connectivity index (χ3n) is 3.29. The zero-order valence-corrected chi connectivity index (χ0v) is 12.0. The number of aliphatic hydroxyl groups excluding tert-OH is 1. The van der Waals surface area contributed by atoms with Crippen molar-refractivity contribution in [3.8, 4) is 6.07 Å². The smallest absolute Gasteiger partial charge is 0.0991 e. The van der Waals surface area contributed by atoms with Crippen LogP contribution in [0.1, 0.15) is 40.2 Å². The van der Waals surface area contributed by atoms with Gasteiger partial charge in [0.1, 0.15) is 0 Å². The summed E-state index contributed by atoms with van der Waals surface area (Å²) >= 11 is 6.35. The van der Waals surface area contributed by atoms with Gasteiger partial charge in [0.05, 0.1) is 23.1 Å². The van der Waals surface area contributed by atoms with Gasteiger partial charge in [-0.25, -0.2) is 0 Å². The van der Waals surface area contributed by atoms with Crippen LogP contribution in [0.25, 0.3) is 0 Å². The van der Waals surface area contributed by atoms with Crippen LogP contribution in [0.2, 0.25) is 0 Å². The largest absolute Gasteiger partial charge is 0.388 e. The van der Waals surface area contributed by atoms with Crippen molar-refractivity contribution in [3.05, 3.63) is 70.8 Å². The summed E-state index contributed by atoms with van der Waals surface area (Å²) in [6.45, 7) is 2.03. The minimum absolute atomic E-state index is 0.235. The van der Waals surface area contributed by atoms with Gasteiger partial charge >= 0.3 is 0 Å². The Bertz CT molecular complexity index is 598. The van der Waals surface area contributed by atoms with Gasteiger partial charge in [0.25, 0.3) is 0 Å². The van der Waals surface area contributed by atoms with Crippen molar-refractivity contribution in [2.45, 2.75) is 24.8 Å².